The summed E-state index contributed by atoms with van der Waals surface area (Å²) in [7, 11) is 1.41. The lowest BCUT2D eigenvalue weighted by Crippen LogP contribution is -2.26. The van der Waals surface area contributed by atoms with Crippen molar-refractivity contribution in [2.45, 2.75) is 220 Å². The molecule has 10 nitrogen and oxygen atoms in total. The molecular formula is C61H84N2O8. The van der Waals surface area contributed by atoms with Crippen LogP contribution in [0.4, 0.5) is 0 Å². The van der Waals surface area contributed by atoms with Gasteiger partial charge >= 0.3 is 11.9 Å². The molecule has 4 aliphatic rings. The quantitative estimate of drug-likeness (QED) is 0.0754. The largest absolute Gasteiger partial charge is 0.481 e. The number of rotatable bonds is 22. The number of methoxy groups -OCH3 is 1. The topological polar surface area (TPSA) is 150 Å². The summed E-state index contributed by atoms with van der Waals surface area (Å²) in [6, 6.07) is 12.4. The van der Waals surface area contributed by atoms with Gasteiger partial charge in [-0.2, -0.15) is 0 Å². The fraction of sp³-hybridized carbons (Fsp3) is 0.639. The van der Waals surface area contributed by atoms with Crippen molar-refractivity contribution in [2.24, 2.45) is 22.7 Å². The van der Waals surface area contributed by atoms with Crippen LogP contribution < -0.4 is 0 Å². The first-order valence-electron chi connectivity index (χ1n) is 27.0. The van der Waals surface area contributed by atoms with Crippen molar-refractivity contribution in [3.8, 4) is 0 Å². The van der Waals surface area contributed by atoms with Crippen LogP contribution in [0.25, 0.3) is 0 Å². The van der Waals surface area contributed by atoms with Crippen LogP contribution in [0.15, 0.2) is 45.4 Å². The fourth-order valence-corrected chi connectivity index (χ4v) is 11.9. The summed E-state index contributed by atoms with van der Waals surface area (Å²) in [6.07, 6.45) is 14.3. The van der Waals surface area contributed by atoms with Gasteiger partial charge in [0.25, 0.3) is 0 Å². The summed E-state index contributed by atoms with van der Waals surface area (Å²) < 4.78 is 16.9. The molecule has 0 bridgehead atoms. The smallest absolute Gasteiger partial charge is 0.305 e. The Bertz CT molecular complexity index is 2490. The molecule has 2 unspecified atom stereocenters. The maximum atomic E-state index is 13.3. The first-order valence-corrected chi connectivity index (χ1v) is 27.0. The molecule has 4 aliphatic carbocycles. The van der Waals surface area contributed by atoms with Gasteiger partial charge in [0.15, 0.2) is 0 Å². The Labute approximate surface area is 424 Å². The van der Waals surface area contributed by atoms with Crippen LogP contribution in [-0.2, 0) is 36.8 Å². The number of carbonyl (C=O) groups excluding carboxylic acids is 3. The Hall–Kier alpha value is -4.86. The van der Waals surface area contributed by atoms with E-state index < -0.39 is 5.97 Å². The van der Waals surface area contributed by atoms with Crippen molar-refractivity contribution in [3.63, 3.8) is 0 Å². The highest BCUT2D eigenvalue weighted by molar-refractivity contribution is 5.83. The van der Waals surface area contributed by atoms with E-state index in [2.05, 4.69) is 96.9 Å². The van der Waals surface area contributed by atoms with Gasteiger partial charge in [-0.25, -0.2) is 0 Å². The number of aryl methyl sites for hydroxylation is 4. The van der Waals surface area contributed by atoms with Crippen molar-refractivity contribution in [3.05, 3.63) is 104 Å². The maximum Gasteiger partial charge on any atom is 0.305 e. The summed E-state index contributed by atoms with van der Waals surface area (Å²) in [6.45, 7) is 22.0. The van der Waals surface area contributed by atoms with Gasteiger partial charge in [0, 0.05) is 73.3 Å². The number of ketones is 2. The van der Waals surface area contributed by atoms with Gasteiger partial charge in [0.05, 0.1) is 18.5 Å². The number of nitrogens with zero attached hydrogens (tertiary/aromatic N) is 2. The van der Waals surface area contributed by atoms with Crippen molar-refractivity contribution < 1.29 is 38.1 Å². The van der Waals surface area contributed by atoms with E-state index in [-0.39, 0.29) is 42.2 Å². The second-order valence-corrected chi connectivity index (χ2v) is 25.0. The van der Waals surface area contributed by atoms with Crippen molar-refractivity contribution >= 4 is 23.5 Å². The molecule has 0 saturated heterocycles. The highest BCUT2D eigenvalue weighted by Gasteiger charge is 2.44. The van der Waals surface area contributed by atoms with E-state index in [1.165, 1.54) is 42.2 Å². The van der Waals surface area contributed by atoms with Gasteiger partial charge in [-0.05, 0) is 162 Å². The normalized spacial score (nSPS) is 20.8. The average molecular weight is 973 g/mol. The average Bonchev–Trinajstić information content (AvgIpc) is 4.20. The molecular weight excluding hydrogens is 889 g/mol. The lowest BCUT2D eigenvalue weighted by molar-refractivity contribution is -0.141. The van der Waals surface area contributed by atoms with Gasteiger partial charge in [0.2, 0.25) is 0 Å². The van der Waals surface area contributed by atoms with Crippen LogP contribution >= 0.6 is 0 Å². The Morgan fingerprint density at radius 3 is 1.35 bits per heavy atom. The number of carboxylic acids is 1. The molecule has 386 valence electrons. The second-order valence-electron chi connectivity index (χ2n) is 25.0. The van der Waals surface area contributed by atoms with E-state index in [1.807, 2.05) is 19.1 Å². The third kappa shape index (κ3) is 15.1. The van der Waals surface area contributed by atoms with Crippen molar-refractivity contribution in [1.29, 1.82) is 0 Å². The Morgan fingerprint density at radius 1 is 0.620 bits per heavy atom. The molecule has 0 amide bonds. The Morgan fingerprint density at radius 2 is 1.01 bits per heavy atom. The third-order valence-electron chi connectivity index (χ3n) is 15.7. The Kier molecular flexibility index (Phi) is 17.4. The molecule has 8 rings (SSSR count). The zero-order valence-electron chi connectivity index (χ0n) is 45.0. The SMILES string of the molecule is COC(=O)CCC(CC(=O)Cc1ccc(C)cc1C)c1noc(C2CC(CC(C)(C)C)C2)c1C1CC1.Cc1ccc(CC(=O)CC(CCC(=O)O)c2noc(C3CC(CC(C)(C)C)C3)c2C2CC2)c(C)c1. The minimum absolute atomic E-state index is 0.0326. The van der Waals surface area contributed by atoms with Crippen LogP contribution in [0, 0.1) is 50.4 Å². The molecule has 2 aromatic heterocycles. The highest BCUT2D eigenvalue weighted by Crippen LogP contribution is 2.55. The summed E-state index contributed by atoms with van der Waals surface area (Å²) in [5.74, 6) is 4.22. The van der Waals surface area contributed by atoms with Crippen LogP contribution in [0.1, 0.15) is 247 Å². The second kappa shape index (κ2) is 22.9. The zero-order valence-corrected chi connectivity index (χ0v) is 45.0. The summed E-state index contributed by atoms with van der Waals surface area (Å²) in [5.41, 5.74) is 11.7. The third-order valence-corrected chi connectivity index (χ3v) is 15.7. The van der Waals surface area contributed by atoms with Crippen LogP contribution in [0.3, 0.4) is 0 Å². The van der Waals surface area contributed by atoms with Crippen LogP contribution in [0.5, 0.6) is 0 Å². The monoisotopic (exact) mass is 973 g/mol. The number of esters is 1. The fourth-order valence-electron chi connectivity index (χ4n) is 11.9. The molecule has 0 spiro atoms. The van der Waals surface area contributed by atoms with E-state index in [9.17, 15) is 24.3 Å². The summed E-state index contributed by atoms with van der Waals surface area (Å²) in [5, 5.41) is 18.5. The molecule has 2 atom stereocenters. The Balaban J connectivity index is 0.000000209. The van der Waals surface area contributed by atoms with Gasteiger partial charge in [-0.15, -0.1) is 0 Å². The number of benzene rings is 2. The number of carbonyl (C=O) groups is 4. The minimum Gasteiger partial charge on any atom is -0.481 e. The van der Waals surface area contributed by atoms with Crippen molar-refractivity contribution in [2.75, 3.05) is 7.11 Å². The molecule has 4 aromatic rings. The maximum absolute atomic E-state index is 13.3. The summed E-state index contributed by atoms with van der Waals surface area (Å²) in [4.78, 5) is 49.8. The molecule has 0 aliphatic heterocycles. The van der Waals surface area contributed by atoms with Crippen molar-refractivity contribution in [1.82, 2.24) is 10.3 Å². The number of ether oxygens (including phenoxy) is 1. The lowest BCUT2D eigenvalue weighted by Gasteiger charge is -2.38. The number of aromatic nitrogens is 2. The van der Waals surface area contributed by atoms with E-state index in [0.717, 1.165) is 108 Å². The van der Waals surface area contributed by atoms with E-state index in [1.54, 1.807) is 0 Å². The number of aliphatic carboxylic acids is 1. The number of hydrogen-bond acceptors (Lipinski definition) is 9. The zero-order chi connectivity index (χ0) is 51.4. The molecule has 2 aromatic carbocycles. The molecule has 2 heterocycles. The number of Topliss-reactive ketones (excluding diaryl/α,β-unsaturated/α-hetero) is 2. The predicted octanol–water partition coefficient (Wildman–Crippen LogP) is 14.6. The van der Waals surface area contributed by atoms with E-state index in [4.69, 9.17) is 13.8 Å². The first-order chi connectivity index (χ1) is 33.5. The predicted molar refractivity (Wildman–Crippen MR) is 278 cm³/mol. The van der Waals surface area contributed by atoms with Gasteiger partial charge < -0.3 is 18.9 Å². The minimum atomic E-state index is -0.836. The molecule has 71 heavy (non-hydrogen) atoms. The standard InChI is InChI=1S/C31H43NO4.C30H41NO4/c1-19-7-8-23(20(2)13-19)16-26(33)17-24(11-12-27(34)35-6)29-28(22-9-10-22)30(36-32-29)25-14-21(15-25)18-31(3,4)5;1-18-6-7-22(19(2)12-18)15-25(32)16-23(10-11-26(33)34)28-27(21-8-9-21)29(35-31-28)24-13-20(14-24)17-30(3,4)5/h7-8,13,21-22,24-25H,9-12,14-18H2,1-6H3;6-7,12,20-21,23-24H,8-11,13-17H2,1-5H3,(H,33,34). The highest BCUT2D eigenvalue weighted by atomic mass is 16.5. The van der Waals surface area contributed by atoms with Gasteiger partial charge in [0.1, 0.15) is 23.1 Å². The number of hydrogen-bond donors (Lipinski definition) is 1. The van der Waals surface area contributed by atoms with Gasteiger partial charge in [-0.1, -0.05) is 99.4 Å². The molecule has 0 radical (unpaired) electrons. The van der Waals surface area contributed by atoms with E-state index >= 15 is 0 Å². The molecule has 4 fully saturated rings. The number of carboxylic acid groups (broad SMARTS) is 1. The molecule has 1 N–H and O–H groups in total. The van der Waals surface area contributed by atoms with Gasteiger partial charge in [-0.3, -0.25) is 19.2 Å². The lowest BCUT2D eigenvalue weighted by atomic mass is 9.66. The van der Waals surface area contributed by atoms with E-state index in [0.29, 0.717) is 73.0 Å². The first kappa shape index (κ1) is 53.9. The molecule has 4 saturated carbocycles. The van der Waals surface area contributed by atoms with Crippen LogP contribution in [-0.4, -0.2) is 46.0 Å². The summed E-state index contributed by atoms with van der Waals surface area (Å²) >= 11 is 0. The van der Waals surface area contributed by atoms with Crippen LogP contribution in [0.2, 0.25) is 0 Å². The molecule has 10 heteroatoms.